The maximum Gasteiger partial charge on any atom is 0.185 e. The van der Waals surface area contributed by atoms with Gasteiger partial charge in [0.15, 0.2) is 5.11 Å². The number of ether oxygens (including phenoxy) is 1. The maximum atomic E-state index is 5.20. The Balaban J connectivity index is 1.77. The summed E-state index contributed by atoms with van der Waals surface area (Å²) in [4.78, 5) is 0. The SMILES string of the molecule is COc1cccc(NNC(=S)NCc2ccccc2)c1. The summed E-state index contributed by atoms with van der Waals surface area (Å²) < 4.78 is 5.15. The van der Waals surface area contributed by atoms with E-state index in [4.69, 9.17) is 17.0 Å². The molecule has 0 saturated carbocycles. The molecule has 2 aromatic carbocycles. The molecule has 0 atom stereocenters. The highest BCUT2D eigenvalue weighted by Crippen LogP contribution is 2.15. The molecule has 2 rings (SSSR count). The first-order valence-electron chi connectivity index (χ1n) is 6.26. The van der Waals surface area contributed by atoms with Gasteiger partial charge in [-0.05, 0) is 29.9 Å². The third kappa shape index (κ3) is 4.44. The van der Waals surface area contributed by atoms with Gasteiger partial charge < -0.3 is 10.1 Å². The second-order valence-electron chi connectivity index (χ2n) is 4.15. The second kappa shape index (κ2) is 7.35. The Bertz CT molecular complexity index is 560. The Morgan fingerprint density at radius 2 is 1.90 bits per heavy atom. The van der Waals surface area contributed by atoms with Crippen LogP contribution in [0.4, 0.5) is 5.69 Å². The molecule has 0 amide bonds. The van der Waals surface area contributed by atoms with Gasteiger partial charge in [0, 0.05) is 12.6 Å². The molecule has 0 heterocycles. The van der Waals surface area contributed by atoms with Crippen LogP contribution < -0.4 is 20.9 Å². The number of rotatable bonds is 5. The Morgan fingerprint density at radius 3 is 2.65 bits per heavy atom. The smallest absolute Gasteiger partial charge is 0.185 e. The van der Waals surface area contributed by atoms with E-state index in [0.717, 1.165) is 11.4 Å². The third-order valence-corrected chi connectivity index (χ3v) is 2.93. The van der Waals surface area contributed by atoms with Crippen molar-refractivity contribution in [3.05, 3.63) is 60.2 Å². The summed E-state index contributed by atoms with van der Waals surface area (Å²) in [6, 6.07) is 17.7. The van der Waals surface area contributed by atoms with E-state index in [2.05, 4.69) is 16.2 Å². The molecule has 104 valence electrons. The number of hydrogen-bond donors (Lipinski definition) is 3. The van der Waals surface area contributed by atoms with Crippen molar-refractivity contribution in [3.63, 3.8) is 0 Å². The predicted molar refractivity (Wildman–Crippen MR) is 85.6 cm³/mol. The first-order valence-corrected chi connectivity index (χ1v) is 6.66. The molecule has 4 nitrogen and oxygen atoms in total. The molecule has 0 fully saturated rings. The summed E-state index contributed by atoms with van der Waals surface area (Å²) >= 11 is 5.20. The summed E-state index contributed by atoms with van der Waals surface area (Å²) in [5.41, 5.74) is 8.02. The summed E-state index contributed by atoms with van der Waals surface area (Å²) in [7, 11) is 1.64. The normalized spacial score (nSPS) is 9.65. The molecule has 0 spiro atoms. The Morgan fingerprint density at radius 1 is 1.10 bits per heavy atom. The zero-order valence-corrected chi connectivity index (χ0v) is 12.0. The lowest BCUT2D eigenvalue weighted by Crippen LogP contribution is -2.38. The van der Waals surface area contributed by atoms with Gasteiger partial charge in [-0.2, -0.15) is 0 Å². The van der Waals surface area contributed by atoms with Crippen LogP contribution in [0.3, 0.4) is 0 Å². The molecule has 0 aliphatic rings. The van der Waals surface area contributed by atoms with Crippen molar-refractivity contribution in [2.24, 2.45) is 0 Å². The minimum absolute atomic E-state index is 0.539. The number of thiocarbonyl (C=S) groups is 1. The maximum absolute atomic E-state index is 5.20. The van der Waals surface area contributed by atoms with E-state index in [0.29, 0.717) is 11.7 Å². The summed E-state index contributed by atoms with van der Waals surface area (Å²) in [5.74, 6) is 0.792. The monoisotopic (exact) mass is 287 g/mol. The van der Waals surface area contributed by atoms with Crippen LogP contribution in [0.1, 0.15) is 5.56 Å². The van der Waals surface area contributed by atoms with Crippen LogP contribution in [0.15, 0.2) is 54.6 Å². The van der Waals surface area contributed by atoms with E-state index in [-0.39, 0.29) is 0 Å². The Labute approximate surface area is 124 Å². The largest absolute Gasteiger partial charge is 0.497 e. The van der Waals surface area contributed by atoms with E-state index in [1.54, 1.807) is 7.11 Å². The van der Waals surface area contributed by atoms with Crippen molar-refractivity contribution in [2.45, 2.75) is 6.54 Å². The molecule has 0 aliphatic heterocycles. The van der Waals surface area contributed by atoms with Gasteiger partial charge in [0.05, 0.1) is 12.8 Å². The average Bonchev–Trinajstić information content (AvgIpc) is 2.52. The van der Waals surface area contributed by atoms with Crippen LogP contribution in [0.5, 0.6) is 5.75 Å². The fourth-order valence-electron chi connectivity index (χ4n) is 1.65. The van der Waals surface area contributed by atoms with Gasteiger partial charge in [-0.1, -0.05) is 36.4 Å². The van der Waals surface area contributed by atoms with Crippen molar-refractivity contribution in [1.82, 2.24) is 10.7 Å². The summed E-state index contributed by atoms with van der Waals surface area (Å²) in [6.45, 7) is 0.687. The second-order valence-corrected chi connectivity index (χ2v) is 4.56. The van der Waals surface area contributed by atoms with Crippen LogP contribution >= 0.6 is 12.2 Å². The van der Waals surface area contributed by atoms with Gasteiger partial charge in [-0.3, -0.25) is 10.9 Å². The van der Waals surface area contributed by atoms with Gasteiger partial charge in [0.1, 0.15) is 5.75 Å². The molecular weight excluding hydrogens is 270 g/mol. The molecule has 2 aromatic rings. The zero-order chi connectivity index (χ0) is 14.2. The predicted octanol–water partition coefficient (Wildman–Crippen LogP) is 2.69. The number of hydrogen-bond acceptors (Lipinski definition) is 3. The van der Waals surface area contributed by atoms with Crippen LogP contribution in [0, 0.1) is 0 Å². The number of nitrogens with one attached hydrogen (secondary N) is 3. The van der Waals surface area contributed by atoms with E-state index < -0.39 is 0 Å². The van der Waals surface area contributed by atoms with Crippen molar-refractivity contribution >= 4 is 23.0 Å². The first-order chi connectivity index (χ1) is 9.78. The van der Waals surface area contributed by atoms with Gasteiger partial charge in [-0.15, -0.1) is 0 Å². The zero-order valence-electron chi connectivity index (χ0n) is 11.2. The Hall–Kier alpha value is -2.27. The van der Waals surface area contributed by atoms with Crippen molar-refractivity contribution in [3.8, 4) is 5.75 Å². The quantitative estimate of drug-likeness (QED) is 0.583. The van der Waals surface area contributed by atoms with Crippen molar-refractivity contribution in [1.29, 1.82) is 0 Å². The number of methoxy groups -OCH3 is 1. The highest BCUT2D eigenvalue weighted by Gasteiger charge is 1.97. The Kier molecular flexibility index (Phi) is 5.20. The minimum Gasteiger partial charge on any atom is -0.497 e. The van der Waals surface area contributed by atoms with Gasteiger partial charge in [0.25, 0.3) is 0 Å². The molecular formula is C15H17N3OS. The fourth-order valence-corrected chi connectivity index (χ4v) is 1.78. The molecule has 0 saturated heterocycles. The lowest BCUT2D eigenvalue weighted by atomic mass is 10.2. The molecule has 0 aliphatic carbocycles. The average molecular weight is 287 g/mol. The van der Waals surface area contributed by atoms with Gasteiger partial charge in [0.2, 0.25) is 0 Å². The highest BCUT2D eigenvalue weighted by molar-refractivity contribution is 7.80. The van der Waals surface area contributed by atoms with E-state index >= 15 is 0 Å². The fraction of sp³-hybridized carbons (Fsp3) is 0.133. The number of benzene rings is 2. The topological polar surface area (TPSA) is 45.3 Å². The molecule has 0 radical (unpaired) electrons. The van der Waals surface area contributed by atoms with Crippen molar-refractivity contribution in [2.75, 3.05) is 12.5 Å². The summed E-state index contributed by atoms with van der Waals surface area (Å²) in [5, 5.41) is 3.66. The molecule has 5 heteroatoms. The highest BCUT2D eigenvalue weighted by atomic mass is 32.1. The molecule has 3 N–H and O–H groups in total. The number of hydrazine groups is 1. The van der Waals surface area contributed by atoms with Crippen LogP contribution in [-0.4, -0.2) is 12.2 Å². The minimum atomic E-state index is 0.539. The van der Waals surface area contributed by atoms with Crippen LogP contribution in [0.2, 0.25) is 0 Å². The lowest BCUT2D eigenvalue weighted by molar-refractivity contribution is 0.415. The van der Waals surface area contributed by atoms with Crippen molar-refractivity contribution < 1.29 is 4.74 Å². The van der Waals surface area contributed by atoms with Crippen LogP contribution in [-0.2, 0) is 6.54 Å². The third-order valence-electron chi connectivity index (χ3n) is 2.69. The molecule has 20 heavy (non-hydrogen) atoms. The van der Waals surface area contributed by atoms with E-state index in [9.17, 15) is 0 Å². The van der Waals surface area contributed by atoms with Crippen LogP contribution in [0.25, 0.3) is 0 Å². The first kappa shape index (κ1) is 14.1. The standard InChI is InChI=1S/C15H17N3OS/c1-19-14-9-5-8-13(10-14)17-18-15(20)16-11-12-6-3-2-4-7-12/h2-10,17H,11H2,1H3,(H2,16,18,20). The van der Waals surface area contributed by atoms with Gasteiger partial charge >= 0.3 is 0 Å². The lowest BCUT2D eigenvalue weighted by Gasteiger charge is -2.13. The van der Waals surface area contributed by atoms with E-state index in [1.807, 2.05) is 54.6 Å². The number of anilines is 1. The molecule has 0 aromatic heterocycles. The van der Waals surface area contributed by atoms with Gasteiger partial charge in [-0.25, -0.2) is 0 Å². The van der Waals surface area contributed by atoms with E-state index in [1.165, 1.54) is 5.56 Å². The molecule has 0 unspecified atom stereocenters. The summed E-state index contributed by atoms with van der Waals surface area (Å²) in [6.07, 6.45) is 0. The molecule has 0 bridgehead atoms.